The molecule has 0 bridgehead atoms. The maximum absolute atomic E-state index is 12.1. The van der Waals surface area contributed by atoms with E-state index in [1.54, 1.807) is 6.92 Å². The lowest BCUT2D eigenvalue weighted by atomic mass is 9.95. The van der Waals surface area contributed by atoms with E-state index in [4.69, 9.17) is 4.74 Å². The van der Waals surface area contributed by atoms with Gasteiger partial charge in [-0.25, -0.2) is 9.59 Å². The molecule has 1 atom stereocenters. The molecule has 0 unspecified atom stereocenters. The number of ether oxygens (including phenoxy) is 1. The number of aromatic hydroxyl groups is 1. The first-order chi connectivity index (χ1) is 10.8. The minimum absolute atomic E-state index is 0.145. The molecule has 1 aromatic carbocycles. The van der Waals surface area contributed by atoms with E-state index in [-0.39, 0.29) is 17.7 Å². The monoisotopic (exact) mass is 321 g/mol. The van der Waals surface area contributed by atoms with E-state index in [2.05, 4.69) is 10.6 Å². The number of amides is 2. The lowest BCUT2D eigenvalue weighted by Gasteiger charge is -2.28. The van der Waals surface area contributed by atoms with Crippen molar-refractivity contribution in [2.24, 2.45) is 0 Å². The molecular weight excluding hydrogens is 306 g/mol. The lowest BCUT2D eigenvalue weighted by Crippen LogP contribution is -2.45. The number of rotatable bonds is 4. The van der Waals surface area contributed by atoms with Crippen LogP contribution in [0.2, 0.25) is 0 Å². The Morgan fingerprint density at radius 1 is 1.48 bits per heavy atom. The average Bonchev–Trinajstić information content (AvgIpc) is 2.46. The first-order valence-electron chi connectivity index (χ1n) is 6.77. The number of hydrogen-bond acceptors (Lipinski definition) is 6. The first-order valence-corrected chi connectivity index (χ1v) is 6.77. The van der Waals surface area contributed by atoms with Crippen LogP contribution in [0.5, 0.6) is 5.75 Å². The highest BCUT2D eigenvalue weighted by Gasteiger charge is 2.33. The van der Waals surface area contributed by atoms with E-state index in [0.717, 1.165) is 12.1 Å². The molecule has 122 valence electrons. The Bertz CT molecular complexity index is 712. The third-order valence-corrected chi connectivity index (χ3v) is 3.29. The van der Waals surface area contributed by atoms with E-state index in [9.17, 15) is 24.8 Å². The Morgan fingerprint density at radius 2 is 2.17 bits per heavy atom. The number of benzene rings is 1. The smallest absolute Gasteiger partial charge is 0.338 e. The number of esters is 1. The third-order valence-electron chi connectivity index (χ3n) is 3.29. The van der Waals surface area contributed by atoms with Crippen LogP contribution in [-0.4, -0.2) is 28.6 Å². The molecule has 0 saturated heterocycles. The molecule has 3 N–H and O–H groups in total. The van der Waals surface area contributed by atoms with Gasteiger partial charge in [0, 0.05) is 11.8 Å². The SMILES string of the molecule is CCOC(=O)C1=C(C)NC(=O)N[C@@H]1c1ccc(O)c([N+](=O)[O-])c1. The van der Waals surface area contributed by atoms with Crippen molar-refractivity contribution in [3.05, 3.63) is 45.1 Å². The van der Waals surface area contributed by atoms with Gasteiger partial charge in [0.15, 0.2) is 5.75 Å². The molecule has 0 aromatic heterocycles. The molecule has 0 fully saturated rings. The number of phenols is 1. The normalized spacial score (nSPS) is 17.3. The van der Waals surface area contributed by atoms with Crippen molar-refractivity contribution in [2.75, 3.05) is 6.61 Å². The van der Waals surface area contributed by atoms with Crippen LogP contribution in [0.4, 0.5) is 10.5 Å². The van der Waals surface area contributed by atoms with Gasteiger partial charge >= 0.3 is 17.7 Å². The summed E-state index contributed by atoms with van der Waals surface area (Å²) in [6.45, 7) is 3.32. The molecule has 2 rings (SSSR count). The van der Waals surface area contributed by atoms with Gasteiger partial charge in [-0.1, -0.05) is 6.07 Å². The van der Waals surface area contributed by atoms with E-state index in [1.807, 2.05) is 0 Å². The maximum atomic E-state index is 12.1. The highest BCUT2D eigenvalue weighted by atomic mass is 16.6. The Balaban J connectivity index is 2.52. The van der Waals surface area contributed by atoms with Crippen molar-refractivity contribution < 1.29 is 24.4 Å². The van der Waals surface area contributed by atoms with Crippen molar-refractivity contribution >= 4 is 17.7 Å². The number of nitro groups is 1. The van der Waals surface area contributed by atoms with Crippen LogP contribution < -0.4 is 10.6 Å². The van der Waals surface area contributed by atoms with Gasteiger partial charge in [-0.2, -0.15) is 0 Å². The molecule has 1 aliphatic heterocycles. The number of nitrogens with zero attached hydrogens (tertiary/aromatic N) is 1. The Hall–Kier alpha value is -3.10. The summed E-state index contributed by atoms with van der Waals surface area (Å²) < 4.78 is 4.97. The predicted octanol–water partition coefficient (Wildman–Crippen LogP) is 1.49. The van der Waals surface area contributed by atoms with Crippen LogP contribution in [-0.2, 0) is 9.53 Å². The van der Waals surface area contributed by atoms with E-state index in [0.29, 0.717) is 5.70 Å². The molecule has 0 spiro atoms. The summed E-state index contributed by atoms with van der Waals surface area (Å²) in [6.07, 6.45) is 0. The number of urea groups is 1. The molecule has 1 aromatic rings. The van der Waals surface area contributed by atoms with Crippen LogP contribution in [0.25, 0.3) is 0 Å². The van der Waals surface area contributed by atoms with Crippen molar-refractivity contribution in [3.63, 3.8) is 0 Å². The van der Waals surface area contributed by atoms with Gasteiger partial charge in [-0.15, -0.1) is 0 Å². The van der Waals surface area contributed by atoms with Crippen LogP contribution in [0, 0.1) is 10.1 Å². The number of hydrogen-bond donors (Lipinski definition) is 3. The van der Waals surface area contributed by atoms with E-state index in [1.165, 1.54) is 13.0 Å². The fraction of sp³-hybridized carbons (Fsp3) is 0.286. The molecule has 9 nitrogen and oxygen atoms in total. The van der Waals surface area contributed by atoms with Gasteiger partial charge < -0.3 is 20.5 Å². The summed E-state index contributed by atoms with van der Waals surface area (Å²) in [6, 6.07) is 2.18. The minimum Gasteiger partial charge on any atom is -0.502 e. The summed E-state index contributed by atoms with van der Waals surface area (Å²) in [5.41, 5.74) is 0.210. The highest BCUT2D eigenvalue weighted by Crippen LogP contribution is 2.33. The van der Waals surface area contributed by atoms with E-state index < -0.39 is 34.4 Å². The molecule has 0 radical (unpaired) electrons. The second-order valence-corrected chi connectivity index (χ2v) is 4.80. The molecule has 2 amide bonds. The molecule has 0 saturated carbocycles. The largest absolute Gasteiger partial charge is 0.502 e. The molecule has 9 heteroatoms. The molecule has 0 aliphatic carbocycles. The number of phenolic OH excluding ortho intramolecular Hbond substituents is 1. The maximum Gasteiger partial charge on any atom is 0.338 e. The molecular formula is C14H15N3O6. The third kappa shape index (κ3) is 3.23. The van der Waals surface area contributed by atoms with Gasteiger partial charge in [0.05, 0.1) is 23.1 Å². The zero-order valence-electron chi connectivity index (χ0n) is 12.5. The highest BCUT2D eigenvalue weighted by molar-refractivity contribution is 5.95. The second kappa shape index (κ2) is 6.34. The molecule has 1 aliphatic rings. The number of carbonyl (C=O) groups excluding carboxylic acids is 2. The summed E-state index contributed by atoms with van der Waals surface area (Å²) in [5, 5.41) is 25.5. The molecule has 23 heavy (non-hydrogen) atoms. The average molecular weight is 321 g/mol. The summed E-state index contributed by atoms with van der Waals surface area (Å²) in [4.78, 5) is 34.0. The Morgan fingerprint density at radius 3 is 2.78 bits per heavy atom. The van der Waals surface area contributed by atoms with E-state index >= 15 is 0 Å². The van der Waals surface area contributed by atoms with Crippen molar-refractivity contribution in [3.8, 4) is 5.75 Å². The van der Waals surface area contributed by atoms with Gasteiger partial charge in [0.2, 0.25) is 0 Å². The fourth-order valence-electron chi connectivity index (χ4n) is 2.29. The van der Waals surface area contributed by atoms with Crippen molar-refractivity contribution in [2.45, 2.75) is 19.9 Å². The zero-order valence-corrected chi connectivity index (χ0v) is 12.5. The lowest BCUT2D eigenvalue weighted by molar-refractivity contribution is -0.385. The van der Waals surface area contributed by atoms with Crippen molar-refractivity contribution in [1.29, 1.82) is 0 Å². The number of nitrogens with one attached hydrogen (secondary N) is 2. The van der Waals surface area contributed by atoms with Gasteiger partial charge in [-0.05, 0) is 25.5 Å². The minimum atomic E-state index is -0.915. The summed E-state index contributed by atoms with van der Waals surface area (Å²) in [7, 11) is 0. The number of carbonyl (C=O) groups is 2. The first kappa shape index (κ1) is 16.3. The zero-order chi connectivity index (χ0) is 17.1. The fourth-order valence-corrected chi connectivity index (χ4v) is 2.29. The second-order valence-electron chi connectivity index (χ2n) is 4.80. The predicted molar refractivity (Wildman–Crippen MR) is 78.5 cm³/mol. The quantitative estimate of drug-likeness (QED) is 0.437. The Kier molecular flexibility index (Phi) is 4.49. The van der Waals surface area contributed by atoms with Crippen LogP contribution in [0.3, 0.4) is 0 Å². The van der Waals surface area contributed by atoms with Crippen LogP contribution in [0.15, 0.2) is 29.5 Å². The number of allylic oxidation sites excluding steroid dienone is 1. The summed E-state index contributed by atoms with van der Waals surface area (Å²) >= 11 is 0. The van der Waals surface area contributed by atoms with Crippen molar-refractivity contribution in [1.82, 2.24) is 10.6 Å². The molecule has 1 heterocycles. The van der Waals surface area contributed by atoms with Gasteiger partial charge in [0.1, 0.15) is 0 Å². The van der Waals surface area contributed by atoms with Gasteiger partial charge in [0.25, 0.3) is 0 Å². The standard InChI is InChI=1S/C14H15N3O6/c1-3-23-13(19)11-7(2)15-14(20)16-12(11)8-4-5-10(18)9(6-8)17(21)22/h4-6,12,18H,3H2,1-2H3,(H2,15,16,20)/t12-/m1/s1. The number of nitro benzene ring substituents is 1. The van der Waals surface area contributed by atoms with Crippen LogP contribution in [0.1, 0.15) is 25.5 Å². The summed E-state index contributed by atoms with van der Waals surface area (Å²) in [5.74, 6) is -1.14. The van der Waals surface area contributed by atoms with Crippen LogP contribution >= 0.6 is 0 Å². The Labute approximate surface area is 131 Å². The van der Waals surface area contributed by atoms with Gasteiger partial charge in [-0.3, -0.25) is 10.1 Å². The topological polar surface area (TPSA) is 131 Å².